The molecule has 4 rings (SSSR count). The maximum absolute atomic E-state index is 12.6. The number of aromatic nitrogens is 1. The molecule has 1 aliphatic rings. The highest BCUT2D eigenvalue weighted by atomic mass is 32.1. The lowest BCUT2D eigenvalue weighted by atomic mass is 10.1. The van der Waals surface area contributed by atoms with E-state index < -0.39 is 30.2 Å². The summed E-state index contributed by atoms with van der Waals surface area (Å²) >= 11 is 1.38. The van der Waals surface area contributed by atoms with Gasteiger partial charge in [0.05, 0.1) is 13.1 Å². The number of urea groups is 1. The van der Waals surface area contributed by atoms with Crippen LogP contribution in [0.2, 0.25) is 0 Å². The van der Waals surface area contributed by atoms with Gasteiger partial charge in [-0.05, 0) is 17.5 Å². The molecule has 3 aromatic rings. The first-order valence-electron chi connectivity index (χ1n) is 7.85. The molecule has 0 atom stereocenters. The molecule has 1 N–H and O–H groups in total. The van der Waals surface area contributed by atoms with Crippen LogP contribution in [0, 0.1) is 0 Å². The molecule has 1 aromatic carbocycles. The van der Waals surface area contributed by atoms with Crippen LogP contribution in [-0.2, 0) is 16.1 Å². The lowest BCUT2D eigenvalue weighted by molar-refractivity contribution is -0.143. The fourth-order valence-electron chi connectivity index (χ4n) is 2.92. The van der Waals surface area contributed by atoms with E-state index in [1.54, 1.807) is 30.5 Å². The molecular formula is C18H13N3O4S. The number of benzene rings is 1. The van der Waals surface area contributed by atoms with E-state index in [9.17, 15) is 19.2 Å². The zero-order valence-corrected chi connectivity index (χ0v) is 14.3. The first-order chi connectivity index (χ1) is 12.6. The summed E-state index contributed by atoms with van der Waals surface area (Å²) in [5, 5.41) is 2.53. The number of imide groups is 2. The molecule has 0 unspecified atom stereocenters. The first-order valence-corrected chi connectivity index (χ1v) is 8.73. The molecule has 8 heteroatoms. The summed E-state index contributed by atoms with van der Waals surface area (Å²) in [4.78, 5) is 54.7. The Morgan fingerprint density at radius 1 is 1.00 bits per heavy atom. The molecule has 0 radical (unpaired) electrons. The highest BCUT2D eigenvalue weighted by molar-refractivity contribution is 7.09. The van der Waals surface area contributed by atoms with Crippen molar-refractivity contribution < 1.29 is 19.2 Å². The fourth-order valence-corrected chi connectivity index (χ4v) is 3.61. The molecule has 0 spiro atoms. The highest BCUT2D eigenvalue weighted by Crippen LogP contribution is 2.21. The normalized spacial score (nSPS) is 14.7. The number of carbonyl (C=O) groups excluding carboxylic acids is 4. The Bertz CT molecular complexity index is 1040. The minimum atomic E-state index is -0.972. The molecule has 0 bridgehead atoms. The van der Waals surface area contributed by atoms with Crippen molar-refractivity contribution in [2.75, 3.05) is 6.54 Å². The number of thiophene rings is 1. The second kappa shape index (κ2) is 6.23. The van der Waals surface area contributed by atoms with Crippen molar-refractivity contribution in [3.8, 4) is 0 Å². The van der Waals surface area contributed by atoms with Crippen LogP contribution in [0.15, 0.2) is 48.0 Å². The van der Waals surface area contributed by atoms with Crippen molar-refractivity contribution in [2.24, 2.45) is 0 Å². The van der Waals surface area contributed by atoms with Gasteiger partial charge in [0.2, 0.25) is 0 Å². The molecule has 0 aliphatic carbocycles. The zero-order valence-electron chi connectivity index (χ0n) is 13.5. The number of amides is 4. The molecule has 3 heterocycles. The second-order valence-electron chi connectivity index (χ2n) is 5.82. The van der Waals surface area contributed by atoms with Gasteiger partial charge < -0.3 is 4.98 Å². The van der Waals surface area contributed by atoms with Gasteiger partial charge >= 0.3 is 17.8 Å². The maximum Gasteiger partial charge on any atom is 0.335 e. The third kappa shape index (κ3) is 2.60. The third-order valence-corrected chi connectivity index (χ3v) is 5.08. The van der Waals surface area contributed by atoms with E-state index in [2.05, 4.69) is 4.98 Å². The minimum Gasteiger partial charge on any atom is -0.360 e. The van der Waals surface area contributed by atoms with Crippen LogP contribution in [-0.4, -0.2) is 45.0 Å². The number of fused-ring (bicyclic) bond motifs is 1. The molecular weight excluding hydrogens is 354 g/mol. The maximum atomic E-state index is 12.6. The van der Waals surface area contributed by atoms with Crippen molar-refractivity contribution in [1.82, 2.24) is 14.8 Å². The van der Waals surface area contributed by atoms with Gasteiger partial charge in [-0.1, -0.05) is 24.3 Å². The van der Waals surface area contributed by atoms with Crippen molar-refractivity contribution in [3.63, 3.8) is 0 Å². The van der Waals surface area contributed by atoms with Gasteiger partial charge in [-0.3, -0.25) is 19.3 Å². The van der Waals surface area contributed by atoms with E-state index in [0.717, 1.165) is 15.3 Å². The van der Waals surface area contributed by atoms with Crippen molar-refractivity contribution in [2.45, 2.75) is 6.54 Å². The molecule has 26 heavy (non-hydrogen) atoms. The monoisotopic (exact) mass is 367 g/mol. The molecule has 2 aromatic heterocycles. The molecule has 1 aliphatic heterocycles. The Kier molecular flexibility index (Phi) is 3.89. The first kappa shape index (κ1) is 16.2. The molecule has 1 saturated heterocycles. The van der Waals surface area contributed by atoms with E-state index >= 15 is 0 Å². The van der Waals surface area contributed by atoms with Gasteiger partial charge in [0.15, 0.2) is 5.78 Å². The van der Waals surface area contributed by atoms with Crippen LogP contribution in [0.3, 0.4) is 0 Å². The SMILES string of the molecule is O=C(CN1C(=O)C(=O)N(Cc2cccs2)C1=O)c1c[nH]c2ccccc12. The van der Waals surface area contributed by atoms with E-state index in [1.807, 2.05) is 17.5 Å². The zero-order chi connectivity index (χ0) is 18.3. The summed E-state index contributed by atoms with van der Waals surface area (Å²) in [7, 11) is 0. The Labute approximate surface area is 151 Å². The number of nitrogens with zero attached hydrogens (tertiary/aromatic N) is 2. The van der Waals surface area contributed by atoms with Gasteiger partial charge in [-0.15, -0.1) is 11.3 Å². The van der Waals surface area contributed by atoms with Crippen LogP contribution in [0.1, 0.15) is 15.2 Å². The minimum absolute atomic E-state index is 0.0266. The lowest BCUT2D eigenvalue weighted by Crippen LogP contribution is -2.36. The number of Topliss-reactive ketones (excluding diaryl/α,β-unsaturated/α-hetero) is 1. The molecule has 4 amide bonds. The predicted molar refractivity (Wildman–Crippen MR) is 94.6 cm³/mol. The second-order valence-corrected chi connectivity index (χ2v) is 6.85. The van der Waals surface area contributed by atoms with Gasteiger partial charge in [-0.2, -0.15) is 0 Å². The number of rotatable bonds is 5. The van der Waals surface area contributed by atoms with Crippen LogP contribution in [0.25, 0.3) is 10.9 Å². The van der Waals surface area contributed by atoms with E-state index in [0.29, 0.717) is 15.8 Å². The average Bonchev–Trinajstić information content (AvgIpc) is 3.35. The Balaban J connectivity index is 1.56. The molecule has 0 saturated carbocycles. The highest BCUT2D eigenvalue weighted by Gasteiger charge is 2.45. The van der Waals surface area contributed by atoms with Gasteiger partial charge in [-0.25, -0.2) is 9.69 Å². The van der Waals surface area contributed by atoms with Gasteiger partial charge in [0, 0.05) is 27.5 Å². The third-order valence-electron chi connectivity index (χ3n) is 4.22. The molecule has 7 nitrogen and oxygen atoms in total. The van der Waals surface area contributed by atoms with Crippen molar-refractivity contribution >= 4 is 45.9 Å². The summed E-state index contributed by atoms with van der Waals surface area (Å²) in [6.07, 6.45) is 1.54. The standard InChI is InChI=1S/C18H13N3O4S/c22-15(13-8-19-14-6-2-1-5-12(13)14)10-21-17(24)16(23)20(18(21)25)9-11-4-3-7-26-11/h1-8,19H,9-10H2. The number of ketones is 1. The summed E-state index contributed by atoms with van der Waals surface area (Å²) in [6.45, 7) is -0.439. The van der Waals surface area contributed by atoms with E-state index in [4.69, 9.17) is 0 Å². The quantitative estimate of drug-likeness (QED) is 0.426. The molecule has 1 fully saturated rings. The summed E-state index contributed by atoms with van der Waals surface area (Å²) < 4.78 is 0. The van der Waals surface area contributed by atoms with E-state index in [-0.39, 0.29) is 6.54 Å². The summed E-state index contributed by atoms with van der Waals surface area (Å²) in [5.41, 5.74) is 1.16. The van der Waals surface area contributed by atoms with Gasteiger partial charge in [0.25, 0.3) is 0 Å². The number of carbonyl (C=O) groups is 4. The largest absolute Gasteiger partial charge is 0.360 e. The van der Waals surface area contributed by atoms with Crippen LogP contribution >= 0.6 is 11.3 Å². The molecule has 130 valence electrons. The van der Waals surface area contributed by atoms with Gasteiger partial charge in [0.1, 0.15) is 0 Å². The van der Waals surface area contributed by atoms with Crippen molar-refractivity contribution in [3.05, 3.63) is 58.4 Å². The summed E-state index contributed by atoms with van der Waals surface area (Å²) in [5.74, 6) is -2.29. The number of hydrogen-bond donors (Lipinski definition) is 1. The average molecular weight is 367 g/mol. The number of hydrogen-bond acceptors (Lipinski definition) is 5. The number of para-hydroxylation sites is 1. The number of aromatic amines is 1. The smallest absolute Gasteiger partial charge is 0.335 e. The van der Waals surface area contributed by atoms with Crippen LogP contribution in [0.4, 0.5) is 4.79 Å². The Hall–Kier alpha value is -3.26. The predicted octanol–water partition coefficient (Wildman–Crippen LogP) is 2.40. The van der Waals surface area contributed by atoms with Crippen LogP contribution < -0.4 is 0 Å². The lowest BCUT2D eigenvalue weighted by Gasteiger charge is -2.14. The summed E-state index contributed by atoms with van der Waals surface area (Å²) in [6, 6.07) is 10.0. The topological polar surface area (TPSA) is 90.6 Å². The number of H-pyrrole nitrogens is 1. The number of nitrogens with one attached hydrogen (secondary N) is 1. The fraction of sp³-hybridized carbons (Fsp3) is 0.111. The Morgan fingerprint density at radius 2 is 1.77 bits per heavy atom. The van der Waals surface area contributed by atoms with E-state index in [1.165, 1.54) is 11.3 Å². The Morgan fingerprint density at radius 3 is 2.54 bits per heavy atom. The van der Waals surface area contributed by atoms with Crippen molar-refractivity contribution in [1.29, 1.82) is 0 Å². The van der Waals surface area contributed by atoms with Crippen LogP contribution in [0.5, 0.6) is 0 Å².